The molecule has 166 valence electrons. The molecular weight excluding hydrogens is 700 g/mol. The second-order valence-corrected chi connectivity index (χ2v) is 9.93. The van der Waals surface area contributed by atoms with Crippen molar-refractivity contribution in [2.45, 2.75) is 6.61 Å². The zero-order valence-electron chi connectivity index (χ0n) is 17.1. The number of ether oxygens (including phenoxy) is 2. The van der Waals surface area contributed by atoms with E-state index in [-0.39, 0.29) is 12.5 Å². The number of benzene rings is 3. The molecule has 0 aliphatic carbocycles. The molecule has 0 aromatic heterocycles. The van der Waals surface area contributed by atoms with Gasteiger partial charge in [-0.15, -0.1) is 0 Å². The molecule has 6 nitrogen and oxygen atoms in total. The van der Waals surface area contributed by atoms with Crippen molar-refractivity contribution in [1.82, 2.24) is 5.43 Å². The number of carbonyl (C=O) groups excluding carboxylic acids is 1. The first kappa shape index (κ1) is 24.8. The van der Waals surface area contributed by atoms with Crippen LogP contribution in [0.15, 0.2) is 70.2 Å². The number of hydrogen-bond donors (Lipinski definition) is 2. The highest BCUT2D eigenvalue weighted by molar-refractivity contribution is 14.1. The highest BCUT2D eigenvalue weighted by Gasteiger charge is 2.11. The van der Waals surface area contributed by atoms with Crippen LogP contribution in [0.25, 0.3) is 0 Å². The van der Waals surface area contributed by atoms with Crippen molar-refractivity contribution in [1.29, 1.82) is 0 Å². The Morgan fingerprint density at radius 1 is 1.09 bits per heavy atom. The van der Waals surface area contributed by atoms with Crippen LogP contribution in [0, 0.1) is 7.14 Å². The van der Waals surface area contributed by atoms with E-state index in [0.29, 0.717) is 18.1 Å². The molecule has 0 spiro atoms. The van der Waals surface area contributed by atoms with E-state index in [2.05, 4.69) is 77.0 Å². The summed E-state index contributed by atoms with van der Waals surface area (Å²) < 4.78 is 14.5. The summed E-state index contributed by atoms with van der Waals surface area (Å²) in [5, 5.41) is 7.10. The minimum atomic E-state index is -0.240. The molecule has 0 unspecified atom stereocenters. The molecule has 0 aliphatic rings. The summed E-state index contributed by atoms with van der Waals surface area (Å²) in [6.07, 6.45) is 1.58. The minimum Gasteiger partial charge on any atom is -0.493 e. The third kappa shape index (κ3) is 7.62. The molecule has 1 amide bonds. The Balaban J connectivity index is 1.57. The lowest BCUT2D eigenvalue weighted by Gasteiger charge is -2.13. The van der Waals surface area contributed by atoms with Gasteiger partial charge in [0, 0.05) is 13.7 Å². The molecule has 0 bridgehead atoms. The summed E-state index contributed by atoms with van der Waals surface area (Å²) in [5.41, 5.74) is 5.24. The van der Waals surface area contributed by atoms with Gasteiger partial charge in [-0.25, -0.2) is 5.43 Å². The van der Waals surface area contributed by atoms with Crippen molar-refractivity contribution in [3.8, 4) is 11.5 Å². The first-order valence-electron chi connectivity index (χ1n) is 9.50. The summed E-state index contributed by atoms with van der Waals surface area (Å²) in [5.74, 6) is 1.03. The van der Waals surface area contributed by atoms with Gasteiger partial charge < -0.3 is 14.8 Å². The van der Waals surface area contributed by atoms with Crippen LogP contribution < -0.4 is 20.2 Å². The molecule has 0 radical (unpaired) electrons. The molecule has 3 rings (SSSR count). The van der Waals surface area contributed by atoms with Gasteiger partial charge in [0.25, 0.3) is 5.91 Å². The van der Waals surface area contributed by atoms with Gasteiger partial charge in [-0.3, -0.25) is 4.79 Å². The minimum absolute atomic E-state index is 0.127. The van der Waals surface area contributed by atoms with Gasteiger partial charge in [-0.1, -0.05) is 28.1 Å². The third-order valence-electron chi connectivity index (χ3n) is 4.25. The van der Waals surface area contributed by atoms with E-state index < -0.39 is 0 Å². The number of amides is 1. The maximum absolute atomic E-state index is 12.0. The van der Waals surface area contributed by atoms with Gasteiger partial charge in [0.1, 0.15) is 6.61 Å². The normalized spacial score (nSPS) is 10.8. The molecule has 0 heterocycles. The Bertz CT molecular complexity index is 1090. The second kappa shape index (κ2) is 12.4. The van der Waals surface area contributed by atoms with Gasteiger partial charge >= 0.3 is 0 Å². The number of hydrogen-bond acceptors (Lipinski definition) is 5. The average molecular weight is 720 g/mol. The molecule has 0 atom stereocenters. The fourth-order valence-corrected chi connectivity index (χ4v) is 4.06. The Kier molecular flexibility index (Phi) is 9.60. The summed E-state index contributed by atoms with van der Waals surface area (Å²) >= 11 is 7.86. The number of rotatable bonds is 9. The van der Waals surface area contributed by atoms with Crippen molar-refractivity contribution in [3.63, 3.8) is 0 Å². The number of nitrogens with one attached hydrogen (secondary N) is 2. The van der Waals surface area contributed by atoms with Crippen LogP contribution in [0.1, 0.15) is 11.1 Å². The highest BCUT2D eigenvalue weighted by atomic mass is 127. The predicted molar refractivity (Wildman–Crippen MR) is 148 cm³/mol. The molecule has 3 aromatic carbocycles. The predicted octanol–water partition coefficient (Wildman–Crippen LogP) is 5.81. The Labute approximate surface area is 222 Å². The lowest BCUT2D eigenvalue weighted by molar-refractivity contribution is -0.119. The summed E-state index contributed by atoms with van der Waals surface area (Å²) in [6, 6.07) is 19.5. The summed E-state index contributed by atoms with van der Waals surface area (Å²) in [6.45, 7) is 0.554. The molecular formula is C23H20BrI2N3O3. The van der Waals surface area contributed by atoms with Crippen LogP contribution in [-0.2, 0) is 11.4 Å². The van der Waals surface area contributed by atoms with Crippen molar-refractivity contribution in [2.75, 3.05) is 19.0 Å². The van der Waals surface area contributed by atoms with Crippen LogP contribution in [0.2, 0.25) is 0 Å². The SMILES string of the molecule is COc1cc(/C=N\NC(=O)CNc2ccc(I)cc2)cc(I)c1OCc1ccc(Br)cc1. The zero-order chi connectivity index (χ0) is 22.9. The molecule has 0 fully saturated rings. The van der Waals surface area contributed by atoms with Crippen molar-refractivity contribution >= 4 is 78.9 Å². The van der Waals surface area contributed by atoms with Crippen molar-refractivity contribution < 1.29 is 14.3 Å². The van der Waals surface area contributed by atoms with E-state index in [1.54, 1.807) is 13.3 Å². The first-order valence-corrected chi connectivity index (χ1v) is 12.5. The highest BCUT2D eigenvalue weighted by Crippen LogP contribution is 2.34. The summed E-state index contributed by atoms with van der Waals surface area (Å²) in [7, 11) is 1.59. The monoisotopic (exact) mass is 719 g/mol. The van der Waals surface area contributed by atoms with E-state index >= 15 is 0 Å². The van der Waals surface area contributed by atoms with E-state index in [1.165, 1.54) is 0 Å². The largest absolute Gasteiger partial charge is 0.493 e. The second-order valence-electron chi connectivity index (χ2n) is 6.60. The molecule has 0 saturated heterocycles. The average Bonchev–Trinajstić information content (AvgIpc) is 2.79. The molecule has 2 N–H and O–H groups in total. The standard InChI is InChI=1S/C23H20BrI2N3O3/c1-31-21-11-16(10-20(26)23(21)32-14-15-2-4-17(24)5-3-15)12-28-29-22(30)13-27-19-8-6-18(25)7-9-19/h2-12,27H,13-14H2,1H3,(H,29,30)/b28-12-. The number of carbonyl (C=O) groups is 1. The van der Waals surface area contributed by atoms with Crippen LogP contribution in [0.4, 0.5) is 5.69 Å². The zero-order valence-corrected chi connectivity index (χ0v) is 23.0. The van der Waals surface area contributed by atoms with Gasteiger partial charge in [-0.05, 0) is 105 Å². The topological polar surface area (TPSA) is 72.0 Å². The number of methoxy groups -OCH3 is 1. The van der Waals surface area contributed by atoms with Gasteiger partial charge in [0.2, 0.25) is 0 Å². The Morgan fingerprint density at radius 2 is 1.81 bits per heavy atom. The Hall–Kier alpha value is -1.86. The molecule has 3 aromatic rings. The first-order chi connectivity index (χ1) is 15.4. The lowest BCUT2D eigenvalue weighted by Crippen LogP contribution is -2.25. The van der Waals surface area contributed by atoms with E-state index in [4.69, 9.17) is 9.47 Å². The lowest BCUT2D eigenvalue weighted by atomic mass is 10.2. The van der Waals surface area contributed by atoms with Crippen LogP contribution in [-0.4, -0.2) is 25.8 Å². The van der Waals surface area contributed by atoms with Crippen LogP contribution >= 0.6 is 61.1 Å². The number of halogens is 3. The van der Waals surface area contributed by atoms with E-state index in [0.717, 1.165) is 28.4 Å². The third-order valence-corrected chi connectivity index (χ3v) is 6.30. The van der Waals surface area contributed by atoms with Crippen molar-refractivity contribution in [3.05, 3.63) is 83.4 Å². The smallest absolute Gasteiger partial charge is 0.259 e. The Morgan fingerprint density at radius 3 is 2.50 bits per heavy atom. The van der Waals surface area contributed by atoms with Crippen LogP contribution in [0.3, 0.4) is 0 Å². The maximum atomic E-state index is 12.0. The number of hydrazone groups is 1. The number of nitrogens with zero attached hydrogens (tertiary/aromatic N) is 1. The summed E-state index contributed by atoms with van der Waals surface area (Å²) in [4.78, 5) is 12.0. The van der Waals surface area contributed by atoms with Crippen LogP contribution in [0.5, 0.6) is 11.5 Å². The van der Waals surface area contributed by atoms with Gasteiger partial charge in [0.05, 0.1) is 23.4 Å². The number of anilines is 1. The molecule has 0 aliphatic heterocycles. The fraction of sp³-hybridized carbons (Fsp3) is 0.130. The maximum Gasteiger partial charge on any atom is 0.259 e. The quantitative estimate of drug-likeness (QED) is 0.167. The van der Waals surface area contributed by atoms with Gasteiger partial charge in [0.15, 0.2) is 11.5 Å². The van der Waals surface area contributed by atoms with E-state index in [1.807, 2.05) is 60.7 Å². The van der Waals surface area contributed by atoms with Crippen molar-refractivity contribution in [2.24, 2.45) is 5.10 Å². The fourth-order valence-electron chi connectivity index (χ4n) is 2.66. The molecule has 9 heteroatoms. The molecule has 0 saturated carbocycles. The molecule has 32 heavy (non-hydrogen) atoms. The van der Waals surface area contributed by atoms with Gasteiger partial charge in [-0.2, -0.15) is 5.10 Å². The van der Waals surface area contributed by atoms with E-state index in [9.17, 15) is 4.79 Å².